The van der Waals surface area contributed by atoms with Gasteiger partial charge in [0.05, 0.1) is 26.2 Å². The van der Waals surface area contributed by atoms with Crippen molar-refractivity contribution in [3.8, 4) is 0 Å². The largest absolute Gasteiger partial charge is 1.00 e. The summed E-state index contributed by atoms with van der Waals surface area (Å²) in [5, 5.41) is 0. The fourth-order valence-corrected chi connectivity index (χ4v) is 4.16. The number of rotatable bonds is 21. The van der Waals surface area contributed by atoms with E-state index in [4.69, 9.17) is 0 Å². The fourth-order valence-electron chi connectivity index (χ4n) is 4.16. The van der Waals surface area contributed by atoms with Crippen LogP contribution in [0, 0.1) is 0 Å². The average Bonchev–Trinajstić information content (AvgIpc) is 2.66. The highest BCUT2D eigenvalue weighted by Gasteiger charge is 2.20. The van der Waals surface area contributed by atoms with Crippen LogP contribution in [0.15, 0.2) is 12.7 Å². The molecule has 0 radical (unpaired) electrons. The van der Waals surface area contributed by atoms with Crippen LogP contribution in [0.5, 0.6) is 0 Å². The Balaban J connectivity index is 0. The van der Waals surface area contributed by atoms with Crippen LogP contribution >= 0.6 is 0 Å². The second kappa shape index (κ2) is 22.3. The van der Waals surface area contributed by atoms with Gasteiger partial charge < -0.3 is 16.9 Å². The summed E-state index contributed by atoms with van der Waals surface area (Å²) < 4.78 is 1.24. The van der Waals surface area contributed by atoms with Crippen molar-refractivity contribution >= 4 is 0 Å². The van der Waals surface area contributed by atoms with E-state index >= 15 is 0 Å². The Morgan fingerprint density at radius 2 is 0.889 bits per heavy atom. The lowest BCUT2D eigenvalue weighted by Gasteiger charge is -2.36. The summed E-state index contributed by atoms with van der Waals surface area (Å²) in [6, 6.07) is 0. The molecule has 0 fully saturated rings. The van der Waals surface area contributed by atoms with E-state index in [1.807, 2.05) is 0 Å². The van der Waals surface area contributed by atoms with Crippen molar-refractivity contribution in [3.05, 3.63) is 12.7 Å². The van der Waals surface area contributed by atoms with Gasteiger partial charge in [0.1, 0.15) is 0 Å². The first-order valence-corrected chi connectivity index (χ1v) is 12.2. The second-order valence-electron chi connectivity index (χ2n) is 8.47. The van der Waals surface area contributed by atoms with Crippen LogP contribution in [0.1, 0.15) is 124 Å². The normalized spacial score (nSPS) is 11.4. The van der Waals surface area contributed by atoms with Gasteiger partial charge in [0, 0.05) is 0 Å². The molecule has 0 rings (SSSR count). The number of nitrogens with zero attached hydrogens (tertiary/aromatic N) is 1. The Hall–Kier alpha value is -0.0100. The molecule has 0 amide bonds. The Morgan fingerprint density at radius 1 is 0.556 bits per heavy atom. The van der Waals surface area contributed by atoms with Crippen molar-refractivity contribution in [2.24, 2.45) is 0 Å². The molecule has 1 nitrogen and oxygen atoms in total. The molecule has 0 spiro atoms. The first kappa shape index (κ1) is 29.2. The third-order valence-electron chi connectivity index (χ3n) is 6.34. The molecule has 164 valence electrons. The van der Waals surface area contributed by atoms with Crippen LogP contribution in [-0.2, 0) is 0 Å². The van der Waals surface area contributed by atoms with Crippen molar-refractivity contribution in [3.63, 3.8) is 0 Å². The van der Waals surface area contributed by atoms with Crippen LogP contribution < -0.4 is 12.4 Å². The first-order valence-electron chi connectivity index (χ1n) is 12.2. The van der Waals surface area contributed by atoms with E-state index in [1.54, 1.807) is 0 Å². The second-order valence-corrected chi connectivity index (χ2v) is 8.47. The molecule has 0 aromatic carbocycles. The molecule has 27 heavy (non-hydrogen) atoms. The van der Waals surface area contributed by atoms with Crippen molar-refractivity contribution in [1.29, 1.82) is 0 Å². The Labute approximate surface area is 179 Å². The van der Waals surface area contributed by atoms with Crippen LogP contribution in [0.3, 0.4) is 0 Å². The molecule has 0 aromatic heterocycles. The highest BCUT2D eigenvalue weighted by molar-refractivity contribution is 4.66. The third kappa shape index (κ3) is 17.8. The molecule has 2 heteroatoms. The van der Waals surface area contributed by atoms with Gasteiger partial charge in [-0.25, -0.2) is 0 Å². The van der Waals surface area contributed by atoms with Gasteiger partial charge >= 0.3 is 0 Å². The van der Waals surface area contributed by atoms with Gasteiger partial charge in [0.2, 0.25) is 0 Å². The minimum absolute atomic E-state index is 0. The van der Waals surface area contributed by atoms with Gasteiger partial charge in [0.15, 0.2) is 0 Å². The maximum atomic E-state index is 3.95. The van der Waals surface area contributed by atoms with Crippen molar-refractivity contribution < 1.29 is 16.9 Å². The van der Waals surface area contributed by atoms with Gasteiger partial charge in [-0.2, -0.15) is 0 Å². The standard InChI is InChI=1S/C25H52N.ClH/c1-5-9-10-11-12-13-14-15-16-17-18-19-20-21-22-23-25-26(7-3,8-4)24-6-2;/h6H,2,5,7-25H2,1,3-4H3;1H/q+1;/p-1. The van der Waals surface area contributed by atoms with Crippen molar-refractivity contribution in [2.75, 3.05) is 26.2 Å². The number of unbranched alkanes of at least 4 members (excludes halogenated alkanes) is 15. The maximum absolute atomic E-state index is 3.95. The van der Waals surface area contributed by atoms with Gasteiger partial charge in [-0.3, -0.25) is 0 Å². The first-order chi connectivity index (χ1) is 12.7. The fraction of sp³-hybridized carbons (Fsp3) is 0.920. The molecule has 0 unspecified atom stereocenters. The van der Waals surface area contributed by atoms with E-state index in [1.165, 1.54) is 127 Å². The number of hydrogen-bond acceptors (Lipinski definition) is 0. The number of hydrogen-bond donors (Lipinski definition) is 0. The summed E-state index contributed by atoms with van der Waals surface area (Å²) in [7, 11) is 0. The molecule has 0 atom stereocenters. The lowest BCUT2D eigenvalue weighted by atomic mass is 10.0. The third-order valence-corrected chi connectivity index (χ3v) is 6.34. The van der Waals surface area contributed by atoms with E-state index in [-0.39, 0.29) is 12.4 Å². The van der Waals surface area contributed by atoms with E-state index in [0.717, 1.165) is 6.54 Å². The van der Waals surface area contributed by atoms with Gasteiger partial charge in [-0.1, -0.05) is 103 Å². The summed E-state index contributed by atoms with van der Waals surface area (Å²) >= 11 is 0. The summed E-state index contributed by atoms with van der Waals surface area (Å²) in [4.78, 5) is 0. The minimum atomic E-state index is 0. The smallest absolute Gasteiger partial charge is 0.0970 e. The molecular formula is C25H52ClN. The maximum Gasteiger partial charge on any atom is 0.0970 e. The zero-order chi connectivity index (χ0) is 19.3. The van der Waals surface area contributed by atoms with E-state index in [9.17, 15) is 0 Å². The van der Waals surface area contributed by atoms with E-state index in [2.05, 4.69) is 33.4 Å². The SMILES string of the molecule is C=CC[N+](CC)(CC)CCCCCCCCCCCCCCCCCC.[Cl-]. The Kier molecular flexibility index (Phi) is 24.1. The number of quaternary nitrogens is 1. The molecule has 0 saturated carbocycles. The molecule has 0 heterocycles. The Bertz CT molecular complexity index is 286. The summed E-state index contributed by atoms with van der Waals surface area (Å²) in [6.07, 6.45) is 25.4. The van der Waals surface area contributed by atoms with Crippen molar-refractivity contribution in [1.82, 2.24) is 0 Å². The summed E-state index contributed by atoms with van der Waals surface area (Å²) in [5.41, 5.74) is 0. The van der Waals surface area contributed by atoms with Crippen LogP contribution in [0.2, 0.25) is 0 Å². The highest BCUT2D eigenvalue weighted by atomic mass is 35.5. The molecule has 0 saturated heterocycles. The zero-order valence-corrected chi connectivity index (χ0v) is 20.0. The van der Waals surface area contributed by atoms with Gasteiger partial charge in [-0.05, 0) is 32.8 Å². The average molecular weight is 402 g/mol. The Morgan fingerprint density at radius 3 is 1.19 bits per heavy atom. The molecule has 0 N–H and O–H groups in total. The monoisotopic (exact) mass is 401 g/mol. The number of likely N-dealkylation sites (N-methyl/N-ethyl adjacent to an activating group) is 1. The van der Waals surface area contributed by atoms with Crippen LogP contribution in [-0.4, -0.2) is 30.7 Å². The summed E-state index contributed by atoms with van der Waals surface area (Å²) in [6.45, 7) is 15.9. The predicted octanol–water partition coefficient (Wildman–Crippen LogP) is 5.29. The molecule has 0 aliphatic carbocycles. The van der Waals surface area contributed by atoms with Gasteiger partial charge in [0.25, 0.3) is 0 Å². The predicted molar refractivity (Wildman–Crippen MR) is 121 cm³/mol. The number of halogens is 1. The quantitative estimate of drug-likeness (QED) is 0.139. The lowest BCUT2D eigenvalue weighted by Crippen LogP contribution is -3.00. The van der Waals surface area contributed by atoms with E-state index < -0.39 is 0 Å². The molecular weight excluding hydrogens is 350 g/mol. The molecule has 0 aliphatic rings. The molecule has 0 aromatic rings. The topological polar surface area (TPSA) is 0 Å². The zero-order valence-electron chi connectivity index (χ0n) is 19.3. The van der Waals surface area contributed by atoms with Gasteiger partial charge in [-0.15, -0.1) is 0 Å². The van der Waals surface area contributed by atoms with Crippen molar-refractivity contribution in [2.45, 2.75) is 124 Å². The molecule has 0 aliphatic heterocycles. The minimum Gasteiger partial charge on any atom is -1.00 e. The van der Waals surface area contributed by atoms with Crippen LogP contribution in [0.25, 0.3) is 0 Å². The molecule has 0 bridgehead atoms. The highest BCUT2D eigenvalue weighted by Crippen LogP contribution is 2.15. The summed E-state index contributed by atoms with van der Waals surface area (Å²) in [5.74, 6) is 0. The van der Waals surface area contributed by atoms with E-state index in [0.29, 0.717) is 0 Å². The van der Waals surface area contributed by atoms with Crippen LogP contribution in [0.4, 0.5) is 0 Å². The lowest BCUT2D eigenvalue weighted by molar-refractivity contribution is -0.919.